The Morgan fingerprint density at radius 1 is 1.33 bits per heavy atom. The van der Waals surface area contributed by atoms with Crippen molar-refractivity contribution in [1.29, 1.82) is 0 Å². The van der Waals surface area contributed by atoms with E-state index in [1.807, 2.05) is 12.1 Å². The second-order valence-corrected chi connectivity index (χ2v) is 6.16. The van der Waals surface area contributed by atoms with Crippen molar-refractivity contribution in [3.05, 3.63) is 34.9 Å². The molecule has 2 nitrogen and oxygen atoms in total. The molecule has 0 spiro atoms. The van der Waals surface area contributed by atoms with Crippen LogP contribution in [-0.2, 0) is 6.42 Å². The fraction of sp³-hybridized carbons (Fsp3) is 0.600. The average Bonchev–Trinajstić information content (AvgIpc) is 3.16. The van der Waals surface area contributed by atoms with Crippen LogP contribution in [0.2, 0.25) is 5.02 Å². The van der Waals surface area contributed by atoms with Crippen LogP contribution >= 0.6 is 11.6 Å². The van der Waals surface area contributed by atoms with Gasteiger partial charge in [-0.05, 0) is 49.9 Å². The van der Waals surface area contributed by atoms with Crippen LogP contribution in [0.3, 0.4) is 0 Å². The van der Waals surface area contributed by atoms with Crippen LogP contribution in [0.1, 0.15) is 31.7 Å². The van der Waals surface area contributed by atoms with Gasteiger partial charge >= 0.3 is 0 Å². The van der Waals surface area contributed by atoms with E-state index in [4.69, 9.17) is 17.3 Å². The molecule has 1 aromatic carbocycles. The lowest BCUT2D eigenvalue weighted by atomic mass is 9.92. The highest BCUT2D eigenvalue weighted by molar-refractivity contribution is 6.30. The first kappa shape index (κ1) is 13.9. The van der Waals surface area contributed by atoms with Gasteiger partial charge in [-0.2, -0.15) is 0 Å². The smallest absolute Gasteiger partial charge is 0.0406 e. The van der Waals surface area contributed by atoms with E-state index in [0.29, 0.717) is 6.54 Å². The second kappa shape index (κ2) is 6.05. The summed E-state index contributed by atoms with van der Waals surface area (Å²) in [4.78, 5) is 0. The van der Waals surface area contributed by atoms with Gasteiger partial charge in [-0.3, -0.25) is 0 Å². The van der Waals surface area contributed by atoms with Crippen LogP contribution in [0.25, 0.3) is 0 Å². The van der Waals surface area contributed by atoms with E-state index < -0.39 is 0 Å². The maximum atomic E-state index is 5.93. The number of halogens is 1. The summed E-state index contributed by atoms with van der Waals surface area (Å²) in [6, 6.07) is 8.05. The van der Waals surface area contributed by atoms with E-state index in [1.54, 1.807) is 0 Å². The summed E-state index contributed by atoms with van der Waals surface area (Å²) in [6.07, 6.45) is 5.07. The molecule has 0 aliphatic heterocycles. The number of benzene rings is 1. The molecular weight excluding hydrogens is 244 g/mol. The Bertz CT molecular complexity index is 373. The third kappa shape index (κ3) is 4.27. The molecule has 1 unspecified atom stereocenters. The lowest BCUT2D eigenvalue weighted by molar-refractivity contribution is 0.355. The SMILES string of the molecule is CC(CN)(Cc1ccc(Cl)cc1)NCCC1CC1. The lowest BCUT2D eigenvalue weighted by Crippen LogP contribution is -2.50. The zero-order valence-electron chi connectivity index (χ0n) is 11.1. The number of hydrogen-bond donors (Lipinski definition) is 2. The summed E-state index contributed by atoms with van der Waals surface area (Å²) in [6.45, 7) is 3.93. The highest BCUT2D eigenvalue weighted by atomic mass is 35.5. The number of rotatable bonds is 7. The Hall–Kier alpha value is -0.570. The van der Waals surface area contributed by atoms with E-state index >= 15 is 0 Å². The minimum atomic E-state index is -0.0112. The lowest BCUT2D eigenvalue weighted by Gasteiger charge is -2.30. The highest BCUT2D eigenvalue weighted by Crippen LogP contribution is 2.32. The molecule has 18 heavy (non-hydrogen) atoms. The Kier molecular flexibility index (Phi) is 4.66. The molecule has 0 amide bonds. The predicted molar refractivity (Wildman–Crippen MR) is 78.0 cm³/mol. The molecule has 0 heterocycles. The molecule has 1 atom stereocenters. The van der Waals surface area contributed by atoms with Crippen molar-refractivity contribution in [2.75, 3.05) is 13.1 Å². The van der Waals surface area contributed by atoms with Gasteiger partial charge in [0.15, 0.2) is 0 Å². The average molecular weight is 267 g/mol. The summed E-state index contributed by atoms with van der Waals surface area (Å²) in [5.41, 5.74) is 7.20. The molecule has 1 saturated carbocycles. The molecule has 100 valence electrons. The summed E-state index contributed by atoms with van der Waals surface area (Å²) < 4.78 is 0. The van der Waals surface area contributed by atoms with Crippen molar-refractivity contribution < 1.29 is 0 Å². The van der Waals surface area contributed by atoms with Crippen LogP contribution in [-0.4, -0.2) is 18.6 Å². The Labute approximate surface area is 115 Å². The van der Waals surface area contributed by atoms with Crippen LogP contribution in [0.15, 0.2) is 24.3 Å². The molecule has 2 rings (SSSR count). The summed E-state index contributed by atoms with van der Waals surface area (Å²) in [5.74, 6) is 0.968. The van der Waals surface area contributed by atoms with Crippen molar-refractivity contribution >= 4 is 11.6 Å². The topological polar surface area (TPSA) is 38.0 Å². The van der Waals surface area contributed by atoms with Gasteiger partial charge in [0.2, 0.25) is 0 Å². The largest absolute Gasteiger partial charge is 0.329 e. The third-order valence-electron chi connectivity index (χ3n) is 3.76. The van der Waals surface area contributed by atoms with Gasteiger partial charge in [-0.25, -0.2) is 0 Å². The van der Waals surface area contributed by atoms with Crippen molar-refractivity contribution in [2.24, 2.45) is 11.7 Å². The van der Waals surface area contributed by atoms with Crippen LogP contribution in [0.5, 0.6) is 0 Å². The fourth-order valence-corrected chi connectivity index (χ4v) is 2.37. The number of hydrogen-bond acceptors (Lipinski definition) is 2. The molecule has 3 heteroatoms. The molecule has 0 aromatic heterocycles. The maximum absolute atomic E-state index is 5.93. The summed E-state index contributed by atoms with van der Waals surface area (Å²) in [7, 11) is 0. The minimum Gasteiger partial charge on any atom is -0.329 e. The second-order valence-electron chi connectivity index (χ2n) is 5.73. The van der Waals surface area contributed by atoms with Gasteiger partial charge < -0.3 is 11.1 Å². The van der Waals surface area contributed by atoms with Gasteiger partial charge in [-0.15, -0.1) is 0 Å². The van der Waals surface area contributed by atoms with Crippen molar-refractivity contribution in [3.63, 3.8) is 0 Å². The molecule has 0 bridgehead atoms. The predicted octanol–water partition coefficient (Wildman–Crippen LogP) is 2.99. The zero-order valence-corrected chi connectivity index (χ0v) is 11.8. The first-order valence-corrected chi connectivity index (χ1v) is 7.19. The fourth-order valence-electron chi connectivity index (χ4n) is 2.24. The van der Waals surface area contributed by atoms with E-state index in [2.05, 4.69) is 24.4 Å². The Balaban J connectivity index is 1.86. The van der Waals surface area contributed by atoms with E-state index in [9.17, 15) is 0 Å². The van der Waals surface area contributed by atoms with Gasteiger partial charge in [-0.1, -0.05) is 36.6 Å². The van der Waals surface area contributed by atoms with Crippen LogP contribution in [0, 0.1) is 5.92 Å². The zero-order chi connectivity index (χ0) is 13.0. The first-order chi connectivity index (χ1) is 8.61. The van der Waals surface area contributed by atoms with Crippen LogP contribution < -0.4 is 11.1 Å². The highest BCUT2D eigenvalue weighted by Gasteiger charge is 2.25. The van der Waals surface area contributed by atoms with E-state index in [-0.39, 0.29) is 5.54 Å². The van der Waals surface area contributed by atoms with Gasteiger partial charge in [0.25, 0.3) is 0 Å². The Morgan fingerprint density at radius 3 is 2.56 bits per heavy atom. The van der Waals surface area contributed by atoms with Gasteiger partial charge in [0, 0.05) is 17.1 Å². The number of nitrogens with two attached hydrogens (primary N) is 1. The Morgan fingerprint density at radius 2 is 2.00 bits per heavy atom. The molecule has 0 radical (unpaired) electrons. The van der Waals surface area contributed by atoms with E-state index in [0.717, 1.165) is 23.9 Å². The third-order valence-corrected chi connectivity index (χ3v) is 4.01. The first-order valence-electron chi connectivity index (χ1n) is 6.81. The van der Waals surface area contributed by atoms with E-state index in [1.165, 1.54) is 24.8 Å². The molecule has 1 aliphatic carbocycles. The molecule has 1 fully saturated rings. The van der Waals surface area contributed by atoms with Gasteiger partial charge in [0.1, 0.15) is 0 Å². The van der Waals surface area contributed by atoms with Crippen molar-refractivity contribution in [3.8, 4) is 0 Å². The maximum Gasteiger partial charge on any atom is 0.0406 e. The van der Waals surface area contributed by atoms with Crippen molar-refractivity contribution in [2.45, 2.75) is 38.1 Å². The monoisotopic (exact) mass is 266 g/mol. The standard InChI is InChI=1S/C15H23ClN2/c1-15(11-17,18-9-8-12-2-3-12)10-13-4-6-14(16)7-5-13/h4-7,12,18H,2-3,8-11,17H2,1H3. The van der Waals surface area contributed by atoms with Crippen molar-refractivity contribution in [1.82, 2.24) is 5.32 Å². The molecule has 3 N–H and O–H groups in total. The molecule has 1 aliphatic rings. The minimum absolute atomic E-state index is 0.0112. The molecule has 1 aromatic rings. The van der Waals surface area contributed by atoms with Gasteiger partial charge in [0.05, 0.1) is 0 Å². The summed E-state index contributed by atoms with van der Waals surface area (Å²) >= 11 is 5.90. The molecule has 0 saturated heterocycles. The quantitative estimate of drug-likeness (QED) is 0.796. The molecular formula is C15H23ClN2. The number of nitrogens with one attached hydrogen (secondary N) is 1. The summed E-state index contributed by atoms with van der Waals surface area (Å²) in [5, 5.41) is 4.41. The normalized spacial score (nSPS) is 18.6. The van der Waals surface area contributed by atoms with Crippen LogP contribution in [0.4, 0.5) is 0 Å².